The number of unbranched alkanes of at least 4 members (excludes halogenated alkanes) is 13. The molecule has 0 spiro atoms. The van der Waals surface area contributed by atoms with Crippen molar-refractivity contribution in [3.05, 3.63) is 19.0 Å². The van der Waals surface area contributed by atoms with Gasteiger partial charge in [-0.1, -0.05) is 97.3 Å². The molecular weight excluding hydrogens is 398 g/mol. The molecule has 6 nitrogen and oxygen atoms in total. The van der Waals surface area contributed by atoms with Crippen LogP contribution in [-0.2, 0) is 0 Å². The minimum absolute atomic E-state index is 0.306. The number of nitrogens with zero attached hydrogens (tertiary/aromatic N) is 3. The molecule has 0 aromatic carbocycles. The Morgan fingerprint density at radius 2 is 1.00 bits per heavy atom. The van der Waals surface area contributed by atoms with Gasteiger partial charge in [0.05, 0.1) is 0 Å². The third kappa shape index (κ3) is 33.5. The van der Waals surface area contributed by atoms with E-state index in [0.29, 0.717) is 12.6 Å². The highest BCUT2D eigenvalue weighted by Gasteiger charge is 2.01. The molecule has 0 saturated heterocycles. The number of aromatic nitrogens is 3. The molecule has 190 valence electrons. The molecule has 1 rings (SSSR count). The zero-order valence-corrected chi connectivity index (χ0v) is 21.4. The van der Waals surface area contributed by atoms with Crippen molar-refractivity contribution in [3.8, 4) is 0 Å². The third-order valence-corrected chi connectivity index (χ3v) is 5.37. The minimum Gasteiger partial charge on any atom is -0.396 e. The van der Waals surface area contributed by atoms with Crippen molar-refractivity contribution in [1.29, 1.82) is 0 Å². The van der Waals surface area contributed by atoms with Crippen LogP contribution in [0.2, 0.25) is 0 Å². The molecule has 0 bridgehead atoms. The highest BCUT2D eigenvalue weighted by molar-refractivity contribution is 4.61. The maximum Gasteiger partial charge on any atom is 0.119 e. The van der Waals surface area contributed by atoms with Crippen LogP contribution in [0.1, 0.15) is 129 Å². The summed E-state index contributed by atoms with van der Waals surface area (Å²) in [6, 6.07) is 0.471. The second-order valence-electron chi connectivity index (χ2n) is 8.59. The van der Waals surface area contributed by atoms with Crippen molar-refractivity contribution < 1.29 is 5.11 Å². The lowest BCUT2D eigenvalue weighted by molar-refractivity contribution is 0.283. The van der Waals surface area contributed by atoms with Gasteiger partial charge >= 0.3 is 0 Å². The molecule has 1 atom stereocenters. The van der Waals surface area contributed by atoms with Gasteiger partial charge < -0.3 is 16.6 Å². The van der Waals surface area contributed by atoms with Crippen LogP contribution in [-0.4, -0.2) is 39.3 Å². The Morgan fingerprint density at radius 3 is 1.41 bits per heavy atom. The lowest BCUT2D eigenvalue weighted by Gasteiger charge is -2.10. The predicted octanol–water partition coefficient (Wildman–Crippen LogP) is 6.18. The van der Waals surface area contributed by atoms with Crippen LogP contribution in [0.4, 0.5) is 0 Å². The summed E-state index contributed by atoms with van der Waals surface area (Å²) in [5.41, 5.74) is 11.3. The van der Waals surface area contributed by atoms with Crippen LogP contribution in [0.25, 0.3) is 0 Å². The summed E-state index contributed by atoms with van der Waals surface area (Å²) < 4.78 is 0. The van der Waals surface area contributed by atoms with E-state index in [2.05, 4.69) is 28.8 Å². The SMILES string of the molecule is CCCCCCCCCCCCCC(N)CCCC.NCCCCCO.c1ncncn1. The fraction of sp³-hybridized carbons (Fsp3) is 0.885. The first-order chi connectivity index (χ1) is 15.7. The molecule has 5 N–H and O–H groups in total. The summed E-state index contributed by atoms with van der Waals surface area (Å²) in [5.74, 6) is 0. The Bertz CT molecular complexity index is 378. The van der Waals surface area contributed by atoms with Crippen molar-refractivity contribution in [2.75, 3.05) is 13.2 Å². The molecule has 0 fully saturated rings. The van der Waals surface area contributed by atoms with E-state index in [1.807, 2.05) is 0 Å². The quantitative estimate of drug-likeness (QED) is 0.215. The molecule has 6 heteroatoms. The highest BCUT2D eigenvalue weighted by Crippen LogP contribution is 2.13. The Labute approximate surface area is 199 Å². The molecule has 0 aliphatic carbocycles. The molecule has 1 unspecified atom stereocenters. The standard InChI is InChI=1S/C18H39N.C5H13NO.C3H3N3/c1-3-5-7-8-9-10-11-12-13-14-15-17-18(19)16-6-4-2;6-4-2-1-3-5-7;1-4-2-6-3-5-1/h18H,3-17,19H2,1-2H3;7H,1-6H2;1-3H. The molecule has 1 aromatic rings. The maximum atomic E-state index is 8.25. The van der Waals surface area contributed by atoms with Gasteiger partial charge in [-0.15, -0.1) is 0 Å². The van der Waals surface area contributed by atoms with Crippen molar-refractivity contribution in [2.45, 2.75) is 135 Å². The zero-order valence-electron chi connectivity index (χ0n) is 21.4. The first-order valence-electron chi connectivity index (χ1n) is 13.3. The van der Waals surface area contributed by atoms with Crippen molar-refractivity contribution >= 4 is 0 Å². The second-order valence-corrected chi connectivity index (χ2v) is 8.59. The fourth-order valence-electron chi connectivity index (χ4n) is 3.32. The maximum absolute atomic E-state index is 8.25. The van der Waals surface area contributed by atoms with E-state index < -0.39 is 0 Å². The molecule has 1 aromatic heterocycles. The first kappa shape index (κ1) is 33.1. The Hall–Kier alpha value is -1.11. The van der Waals surface area contributed by atoms with Gasteiger partial charge in [-0.3, -0.25) is 0 Å². The predicted molar refractivity (Wildman–Crippen MR) is 138 cm³/mol. The van der Waals surface area contributed by atoms with E-state index in [1.54, 1.807) is 0 Å². The largest absolute Gasteiger partial charge is 0.396 e. The lowest BCUT2D eigenvalue weighted by Crippen LogP contribution is -2.19. The van der Waals surface area contributed by atoms with Crippen molar-refractivity contribution in [3.63, 3.8) is 0 Å². The number of rotatable bonds is 19. The normalized spacial score (nSPS) is 11.2. The van der Waals surface area contributed by atoms with Gasteiger partial charge in [-0.05, 0) is 38.6 Å². The monoisotopic (exact) mass is 453 g/mol. The van der Waals surface area contributed by atoms with Crippen LogP contribution in [0.15, 0.2) is 19.0 Å². The summed E-state index contributed by atoms with van der Waals surface area (Å²) in [7, 11) is 0. The molecule has 0 amide bonds. The molecule has 32 heavy (non-hydrogen) atoms. The summed E-state index contributed by atoms with van der Waals surface area (Å²) in [6.45, 7) is 5.59. The Balaban J connectivity index is 0. The smallest absolute Gasteiger partial charge is 0.119 e. The van der Waals surface area contributed by atoms with E-state index >= 15 is 0 Å². The highest BCUT2D eigenvalue weighted by atomic mass is 16.2. The van der Waals surface area contributed by atoms with E-state index in [1.165, 1.54) is 115 Å². The average Bonchev–Trinajstić information content (AvgIpc) is 2.83. The summed E-state index contributed by atoms with van der Waals surface area (Å²) in [6.07, 6.45) is 28.1. The van der Waals surface area contributed by atoms with Gasteiger partial charge in [-0.2, -0.15) is 0 Å². The summed E-state index contributed by atoms with van der Waals surface area (Å²) in [5, 5.41) is 8.25. The number of nitrogens with two attached hydrogens (primary N) is 2. The lowest BCUT2D eigenvalue weighted by atomic mass is 10.0. The van der Waals surface area contributed by atoms with Crippen LogP contribution in [0, 0.1) is 0 Å². The van der Waals surface area contributed by atoms with E-state index in [9.17, 15) is 0 Å². The number of aliphatic hydroxyl groups is 1. The van der Waals surface area contributed by atoms with Gasteiger partial charge in [0.1, 0.15) is 19.0 Å². The van der Waals surface area contributed by atoms with Crippen LogP contribution < -0.4 is 11.5 Å². The number of hydrogen-bond donors (Lipinski definition) is 3. The second kappa shape index (κ2) is 32.1. The zero-order chi connectivity index (χ0) is 24.0. The number of hydrogen-bond acceptors (Lipinski definition) is 6. The van der Waals surface area contributed by atoms with E-state index in [-0.39, 0.29) is 0 Å². The molecule has 0 aliphatic rings. The molecule has 0 aliphatic heterocycles. The number of aliphatic hydroxyl groups excluding tert-OH is 1. The topological polar surface area (TPSA) is 111 Å². The molecular formula is C26H55N5O. The van der Waals surface area contributed by atoms with Crippen molar-refractivity contribution in [1.82, 2.24) is 15.0 Å². The fourth-order valence-corrected chi connectivity index (χ4v) is 3.32. The minimum atomic E-state index is 0.306. The van der Waals surface area contributed by atoms with Gasteiger partial charge in [0.25, 0.3) is 0 Å². The van der Waals surface area contributed by atoms with E-state index in [0.717, 1.165) is 25.8 Å². The average molecular weight is 454 g/mol. The summed E-state index contributed by atoms with van der Waals surface area (Å²) >= 11 is 0. The van der Waals surface area contributed by atoms with Gasteiger partial charge in [-0.25, -0.2) is 15.0 Å². The van der Waals surface area contributed by atoms with Gasteiger partial charge in [0.2, 0.25) is 0 Å². The molecule has 1 heterocycles. The van der Waals surface area contributed by atoms with Crippen molar-refractivity contribution in [2.24, 2.45) is 11.5 Å². The van der Waals surface area contributed by atoms with E-state index in [4.69, 9.17) is 16.6 Å². The first-order valence-corrected chi connectivity index (χ1v) is 13.3. The third-order valence-electron chi connectivity index (χ3n) is 5.37. The Kier molecular flexibility index (Phi) is 33.1. The Morgan fingerprint density at radius 1 is 0.594 bits per heavy atom. The molecule has 0 saturated carbocycles. The van der Waals surface area contributed by atoms with Gasteiger partial charge in [0, 0.05) is 12.6 Å². The van der Waals surface area contributed by atoms with Crippen LogP contribution in [0.3, 0.4) is 0 Å². The van der Waals surface area contributed by atoms with Gasteiger partial charge in [0.15, 0.2) is 0 Å². The molecule has 0 radical (unpaired) electrons. The van der Waals surface area contributed by atoms with Crippen LogP contribution >= 0.6 is 0 Å². The summed E-state index contributed by atoms with van der Waals surface area (Å²) in [4.78, 5) is 10.7. The van der Waals surface area contributed by atoms with Crippen LogP contribution in [0.5, 0.6) is 0 Å².